The van der Waals surface area contributed by atoms with Gasteiger partial charge in [0, 0.05) is 5.56 Å². The normalized spacial score (nSPS) is 19.4. The number of amides is 1. The van der Waals surface area contributed by atoms with Gasteiger partial charge < -0.3 is 9.64 Å². The van der Waals surface area contributed by atoms with Gasteiger partial charge in [0.1, 0.15) is 6.54 Å². The third kappa shape index (κ3) is 3.47. The summed E-state index contributed by atoms with van der Waals surface area (Å²) in [6, 6.07) is 27.9. The van der Waals surface area contributed by atoms with E-state index in [1.807, 2.05) is 78.9 Å². The molecule has 1 heterocycles. The van der Waals surface area contributed by atoms with Crippen LogP contribution in [0.25, 0.3) is 0 Å². The fraction of sp³-hybridized carbons (Fsp3) is 0.130. The number of benzene rings is 3. The number of hydrogen-bond donors (Lipinski definition) is 0. The SMILES string of the molecule is O=C1CN(C(=O)c2ccccc2)[C@@H](c2ccccc2)[C@@H](c2ccccc2)O1. The summed E-state index contributed by atoms with van der Waals surface area (Å²) in [5.74, 6) is -0.581. The van der Waals surface area contributed by atoms with Crippen molar-refractivity contribution >= 4 is 11.9 Å². The molecule has 1 amide bonds. The van der Waals surface area contributed by atoms with Crippen LogP contribution in [0.4, 0.5) is 0 Å². The molecule has 0 bridgehead atoms. The van der Waals surface area contributed by atoms with Gasteiger partial charge in [-0.05, 0) is 23.3 Å². The highest BCUT2D eigenvalue weighted by Crippen LogP contribution is 2.40. The zero-order chi connectivity index (χ0) is 18.6. The summed E-state index contributed by atoms with van der Waals surface area (Å²) in [6.45, 7) is -0.0728. The smallest absolute Gasteiger partial charge is 0.326 e. The highest BCUT2D eigenvalue weighted by Gasteiger charge is 2.41. The Balaban J connectivity index is 1.80. The van der Waals surface area contributed by atoms with Gasteiger partial charge in [-0.2, -0.15) is 0 Å². The Morgan fingerprint density at radius 1 is 0.778 bits per heavy atom. The van der Waals surface area contributed by atoms with Crippen molar-refractivity contribution in [1.82, 2.24) is 4.90 Å². The number of morpholine rings is 1. The largest absolute Gasteiger partial charge is 0.454 e. The topological polar surface area (TPSA) is 46.6 Å². The third-order valence-corrected chi connectivity index (χ3v) is 4.73. The Kier molecular flexibility index (Phi) is 4.71. The van der Waals surface area contributed by atoms with Crippen LogP contribution in [-0.2, 0) is 9.53 Å². The van der Waals surface area contributed by atoms with Crippen molar-refractivity contribution in [2.45, 2.75) is 12.1 Å². The first-order valence-electron chi connectivity index (χ1n) is 8.89. The third-order valence-electron chi connectivity index (χ3n) is 4.73. The maximum absolute atomic E-state index is 13.2. The minimum Gasteiger partial charge on any atom is -0.454 e. The average Bonchev–Trinajstić information content (AvgIpc) is 2.74. The van der Waals surface area contributed by atoms with E-state index in [-0.39, 0.29) is 18.5 Å². The maximum atomic E-state index is 13.2. The lowest BCUT2D eigenvalue weighted by Gasteiger charge is -2.40. The van der Waals surface area contributed by atoms with Gasteiger partial charge >= 0.3 is 5.97 Å². The van der Waals surface area contributed by atoms with E-state index in [1.165, 1.54) is 0 Å². The first-order chi connectivity index (χ1) is 13.2. The van der Waals surface area contributed by atoms with Crippen LogP contribution in [0.5, 0.6) is 0 Å². The molecule has 1 aliphatic heterocycles. The molecule has 1 aliphatic rings. The number of ether oxygens (including phenoxy) is 1. The van der Waals surface area contributed by atoms with Crippen LogP contribution in [0.3, 0.4) is 0 Å². The van der Waals surface area contributed by atoms with Gasteiger partial charge in [0.15, 0.2) is 6.10 Å². The van der Waals surface area contributed by atoms with Crippen molar-refractivity contribution in [3.8, 4) is 0 Å². The van der Waals surface area contributed by atoms with Crippen LogP contribution in [0, 0.1) is 0 Å². The molecule has 1 saturated heterocycles. The molecular weight excluding hydrogens is 338 g/mol. The minimum absolute atomic E-state index is 0.0728. The van der Waals surface area contributed by atoms with Crippen molar-refractivity contribution in [1.29, 1.82) is 0 Å². The van der Waals surface area contributed by atoms with Crippen LogP contribution in [0.2, 0.25) is 0 Å². The van der Waals surface area contributed by atoms with Gasteiger partial charge in [0.25, 0.3) is 5.91 Å². The van der Waals surface area contributed by atoms with Crippen molar-refractivity contribution < 1.29 is 14.3 Å². The number of esters is 1. The first kappa shape index (κ1) is 17.0. The van der Waals surface area contributed by atoms with Crippen LogP contribution >= 0.6 is 0 Å². The summed E-state index contributed by atoms with van der Waals surface area (Å²) in [6.07, 6.45) is -0.553. The summed E-state index contributed by atoms with van der Waals surface area (Å²) in [7, 11) is 0. The quantitative estimate of drug-likeness (QED) is 0.661. The standard InChI is InChI=1S/C23H19NO3/c25-20-16-24(23(26)19-14-8-3-9-15-19)21(17-10-4-1-5-11-17)22(27-20)18-12-6-2-7-13-18/h1-15,21-22H,16H2/t21-,22+/m0/s1. The highest BCUT2D eigenvalue weighted by molar-refractivity contribution is 5.96. The lowest BCUT2D eigenvalue weighted by molar-refractivity contribution is -0.163. The van der Waals surface area contributed by atoms with E-state index in [9.17, 15) is 9.59 Å². The Hall–Kier alpha value is -3.40. The van der Waals surface area contributed by atoms with Gasteiger partial charge in [-0.15, -0.1) is 0 Å². The molecule has 2 atom stereocenters. The van der Waals surface area contributed by atoms with Gasteiger partial charge in [0.2, 0.25) is 0 Å². The lowest BCUT2D eigenvalue weighted by atomic mass is 9.92. The van der Waals surface area contributed by atoms with Crippen LogP contribution in [-0.4, -0.2) is 23.3 Å². The number of carbonyl (C=O) groups excluding carboxylic acids is 2. The first-order valence-corrected chi connectivity index (χ1v) is 8.89. The number of cyclic esters (lactones) is 1. The second-order valence-corrected chi connectivity index (χ2v) is 6.48. The number of nitrogens with zero attached hydrogens (tertiary/aromatic N) is 1. The second-order valence-electron chi connectivity index (χ2n) is 6.48. The molecule has 3 aromatic rings. The summed E-state index contributed by atoms with van der Waals surface area (Å²) in [5, 5.41) is 0. The fourth-order valence-electron chi connectivity index (χ4n) is 3.49. The molecule has 0 spiro atoms. The Labute approximate surface area is 158 Å². The molecule has 0 aliphatic carbocycles. The molecule has 0 saturated carbocycles. The Morgan fingerprint density at radius 2 is 1.30 bits per heavy atom. The molecule has 1 fully saturated rings. The molecule has 4 nitrogen and oxygen atoms in total. The Bertz CT molecular complexity index is 926. The minimum atomic E-state index is -0.553. The molecule has 0 aromatic heterocycles. The molecule has 134 valence electrons. The van der Waals surface area contributed by atoms with Crippen LogP contribution < -0.4 is 0 Å². The van der Waals surface area contributed by atoms with Gasteiger partial charge in [-0.25, -0.2) is 0 Å². The van der Waals surface area contributed by atoms with E-state index in [0.717, 1.165) is 11.1 Å². The molecule has 0 N–H and O–H groups in total. The maximum Gasteiger partial charge on any atom is 0.326 e. The van der Waals surface area contributed by atoms with E-state index in [0.29, 0.717) is 5.56 Å². The van der Waals surface area contributed by atoms with Gasteiger partial charge in [0.05, 0.1) is 6.04 Å². The van der Waals surface area contributed by atoms with Crippen molar-refractivity contribution in [2.24, 2.45) is 0 Å². The molecule has 3 aromatic carbocycles. The van der Waals surface area contributed by atoms with Crippen molar-refractivity contribution in [2.75, 3.05) is 6.54 Å². The Morgan fingerprint density at radius 3 is 1.89 bits per heavy atom. The van der Waals surface area contributed by atoms with E-state index < -0.39 is 12.1 Å². The summed E-state index contributed by atoms with van der Waals surface area (Å²) in [5.41, 5.74) is 2.35. The fourth-order valence-corrected chi connectivity index (χ4v) is 3.49. The molecular formula is C23H19NO3. The molecule has 27 heavy (non-hydrogen) atoms. The van der Waals surface area contributed by atoms with Gasteiger partial charge in [-0.3, -0.25) is 9.59 Å². The van der Waals surface area contributed by atoms with E-state index >= 15 is 0 Å². The molecule has 4 rings (SSSR count). The molecule has 4 heteroatoms. The average molecular weight is 357 g/mol. The zero-order valence-electron chi connectivity index (χ0n) is 14.7. The molecule has 0 radical (unpaired) electrons. The van der Waals surface area contributed by atoms with Gasteiger partial charge in [-0.1, -0.05) is 78.9 Å². The second kappa shape index (κ2) is 7.46. The van der Waals surface area contributed by atoms with Crippen LogP contribution in [0.1, 0.15) is 33.6 Å². The number of rotatable bonds is 3. The predicted molar refractivity (Wildman–Crippen MR) is 102 cm³/mol. The zero-order valence-corrected chi connectivity index (χ0v) is 14.7. The number of hydrogen-bond acceptors (Lipinski definition) is 3. The monoisotopic (exact) mass is 357 g/mol. The van der Waals surface area contributed by atoms with E-state index in [1.54, 1.807) is 17.0 Å². The van der Waals surface area contributed by atoms with Crippen molar-refractivity contribution in [3.05, 3.63) is 108 Å². The number of carbonyl (C=O) groups is 2. The lowest BCUT2D eigenvalue weighted by Crippen LogP contribution is -2.47. The summed E-state index contributed by atoms with van der Waals surface area (Å²) < 4.78 is 5.72. The highest BCUT2D eigenvalue weighted by atomic mass is 16.5. The van der Waals surface area contributed by atoms with Crippen LogP contribution in [0.15, 0.2) is 91.0 Å². The van der Waals surface area contributed by atoms with E-state index in [2.05, 4.69) is 0 Å². The predicted octanol–water partition coefficient (Wildman–Crippen LogP) is 4.17. The van der Waals surface area contributed by atoms with Crippen molar-refractivity contribution in [3.63, 3.8) is 0 Å². The molecule has 0 unspecified atom stereocenters. The van der Waals surface area contributed by atoms with E-state index in [4.69, 9.17) is 4.74 Å². The summed E-state index contributed by atoms with van der Waals surface area (Å²) in [4.78, 5) is 27.2. The summed E-state index contributed by atoms with van der Waals surface area (Å²) >= 11 is 0.